The maximum Gasteiger partial charge on any atom is 0.239 e. The van der Waals surface area contributed by atoms with Gasteiger partial charge in [-0.15, -0.1) is 0 Å². The van der Waals surface area contributed by atoms with Crippen LogP contribution in [0.3, 0.4) is 0 Å². The van der Waals surface area contributed by atoms with Crippen LogP contribution in [0, 0.1) is 12.8 Å². The van der Waals surface area contributed by atoms with Crippen LogP contribution >= 0.6 is 11.6 Å². The van der Waals surface area contributed by atoms with Gasteiger partial charge < -0.3 is 15.0 Å². The zero-order valence-corrected chi connectivity index (χ0v) is 12.9. The average Bonchev–Trinajstić information content (AvgIpc) is 2.84. The van der Waals surface area contributed by atoms with E-state index in [9.17, 15) is 9.59 Å². The number of nitrogens with one attached hydrogen (secondary N) is 1. The maximum absolute atomic E-state index is 12.4. The van der Waals surface area contributed by atoms with Crippen LogP contribution in [0.1, 0.15) is 12.0 Å². The highest BCUT2D eigenvalue weighted by atomic mass is 35.5. The first kappa shape index (κ1) is 15.8. The van der Waals surface area contributed by atoms with Crippen molar-refractivity contribution >= 4 is 29.1 Å². The van der Waals surface area contributed by atoms with E-state index in [1.807, 2.05) is 13.0 Å². The van der Waals surface area contributed by atoms with Crippen molar-refractivity contribution in [2.45, 2.75) is 13.3 Å². The Balaban J connectivity index is 2.03. The third-order valence-corrected chi connectivity index (χ3v) is 4.00. The first-order valence-electron chi connectivity index (χ1n) is 6.88. The Bertz CT molecular complexity index is 548. The number of hydrogen-bond acceptors (Lipinski definition) is 3. The number of halogens is 1. The number of carbonyl (C=O) groups excluding carboxylic acids is 2. The Morgan fingerprint density at radius 1 is 1.52 bits per heavy atom. The molecule has 0 bridgehead atoms. The summed E-state index contributed by atoms with van der Waals surface area (Å²) in [6.45, 7) is 3.29. The molecule has 0 aliphatic carbocycles. The van der Waals surface area contributed by atoms with Gasteiger partial charge in [0.1, 0.15) is 5.92 Å². The predicted molar refractivity (Wildman–Crippen MR) is 81.5 cm³/mol. The molecule has 1 unspecified atom stereocenters. The van der Waals surface area contributed by atoms with E-state index in [-0.39, 0.29) is 11.8 Å². The normalized spacial score (nSPS) is 18.1. The van der Waals surface area contributed by atoms with Gasteiger partial charge in [0.05, 0.1) is 6.61 Å². The van der Waals surface area contributed by atoms with Gasteiger partial charge in [-0.1, -0.05) is 11.6 Å². The highest BCUT2D eigenvalue weighted by molar-refractivity contribution is 6.31. The van der Waals surface area contributed by atoms with Crippen molar-refractivity contribution < 1.29 is 14.3 Å². The van der Waals surface area contributed by atoms with Crippen LogP contribution in [0.2, 0.25) is 5.02 Å². The van der Waals surface area contributed by atoms with Crippen molar-refractivity contribution in [1.82, 2.24) is 5.32 Å². The van der Waals surface area contributed by atoms with Gasteiger partial charge in [-0.25, -0.2) is 0 Å². The first-order valence-corrected chi connectivity index (χ1v) is 7.26. The quantitative estimate of drug-likeness (QED) is 0.666. The molecule has 0 radical (unpaired) electrons. The minimum absolute atomic E-state index is 0.161. The van der Waals surface area contributed by atoms with E-state index in [1.54, 1.807) is 24.1 Å². The van der Waals surface area contributed by atoms with E-state index in [2.05, 4.69) is 5.32 Å². The summed E-state index contributed by atoms with van der Waals surface area (Å²) in [6.07, 6.45) is 0.527. The number of rotatable bonds is 5. The topological polar surface area (TPSA) is 58.6 Å². The molecule has 1 heterocycles. The summed E-state index contributed by atoms with van der Waals surface area (Å²) < 4.78 is 4.87. The molecule has 0 aromatic heterocycles. The number of carbonyl (C=O) groups is 2. The van der Waals surface area contributed by atoms with Crippen molar-refractivity contribution in [1.29, 1.82) is 0 Å². The fourth-order valence-electron chi connectivity index (χ4n) is 2.38. The second-order valence-corrected chi connectivity index (χ2v) is 5.46. The number of aryl methyl sites for hydroxylation is 1. The smallest absolute Gasteiger partial charge is 0.239 e. The molecule has 2 amide bonds. The lowest BCUT2D eigenvalue weighted by Gasteiger charge is -2.17. The van der Waals surface area contributed by atoms with Gasteiger partial charge in [0.25, 0.3) is 0 Å². The maximum atomic E-state index is 12.4. The van der Waals surface area contributed by atoms with Crippen LogP contribution in [-0.4, -0.2) is 38.6 Å². The zero-order valence-electron chi connectivity index (χ0n) is 12.2. The third-order valence-electron chi connectivity index (χ3n) is 3.58. The number of benzene rings is 1. The Morgan fingerprint density at radius 2 is 2.29 bits per heavy atom. The molecular weight excluding hydrogens is 292 g/mol. The number of methoxy groups -OCH3 is 1. The van der Waals surface area contributed by atoms with Gasteiger partial charge in [-0.3, -0.25) is 9.59 Å². The minimum atomic E-state index is -0.613. The second-order valence-electron chi connectivity index (χ2n) is 5.05. The van der Waals surface area contributed by atoms with Crippen molar-refractivity contribution in [3.05, 3.63) is 28.8 Å². The first-order chi connectivity index (χ1) is 10.0. The summed E-state index contributed by atoms with van der Waals surface area (Å²) in [6, 6.07) is 5.44. The highest BCUT2D eigenvalue weighted by Crippen LogP contribution is 2.28. The van der Waals surface area contributed by atoms with E-state index >= 15 is 0 Å². The Morgan fingerprint density at radius 3 is 2.95 bits per heavy atom. The molecule has 2 rings (SSSR count). The molecule has 21 heavy (non-hydrogen) atoms. The SMILES string of the molecule is COCCNC(=O)C1CCN(c2ccc(Cl)c(C)c2)C1=O. The largest absolute Gasteiger partial charge is 0.383 e. The van der Waals surface area contributed by atoms with E-state index < -0.39 is 5.92 Å². The lowest BCUT2D eigenvalue weighted by Crippen LogP contribution is -2.38. The lowest BCUT2D eigenvalue weighted by molar-refractivity contribution is -0.132. The van der Waals surface area contributed by atoms with Gasteiger partial charge in [-0.2, -0.15) is 0 Å². The molecule has 5 nitrogen and oxygen atoms in total. The van der Waals surface area contributed by atoms with E-state index in [4.69, 9.17) is 16.3 Å². The fourth-order valence-corrected chi connectivity index (χ4v) is 2.49. The summed E-state index contributed by atoms with van der Waals surface area (Å²) in [5.41, 5.74) is 1.70. The standard InChI is InChI=1S/C15H19ClN2O3/c1-10-9-11(3-4-13(10)16)18-7-5-12(15(18)20)14(19)17-6-8-21-2/h3-4,9,12H,5-8H2,1-2H3,(H,17,19). The molecule has 0 saturated carbocycles. The van der Waals surface area contributed by atoms with Gasteiger partial charge in [0.2, 0.25) is 11.8 Å². The van der Waals surface area contributed by atoms with Crippen molar-refractivity contribution in [2.75, 3.05) is 31.7 Å². The fraction of sp³-hybridized carbons (Fsp3) is 0.467. The van der Waals surface area contributed by atoms with Crippen LogP contribution in [0.15, 0.2) is 18.2 Å². The second kappa shape index (κ2) is 6.91. The van der Waals surface area contributed by atoms with E-state index in [0.29, 0.717) is 31.1 Å². The molecule has 1 aliphatic heterocycles. The number of ether oxygens (including phenoxy) is 1. The molecule has 1 atom stereocenters. The molecule has 1 fully saturated rings. The summed E-state index contributed by atoms with van der Waals surface area (Å²) in [4.78, 5) is 26.0. The molecule has 1 aromatic rings. The summed E-state index contributed by atoms with van der Waals surface area (Å²) >= 11 is 5.99. The summed E-state index contributed by atoms with van der Waals surface area (Å²) in [5.74, 6) is -1.00. The van der Waals surface area contributed by atoms with E-state index in [1.165, 1.54) is 0 Å². The predicted octanol–water partition coefficient (Wildman–Crippen LogP) is 1.76. The zero-order chi connectivity index (χ0) is 15.4. The molecule has 1 aromatic carbocycles. The minimum Gasteiger partial charge on any atom is -0.383 e. The molecule has 1 saturated heterocycles. The summed E-state index contributed by atoms with van der Waals surface area (Å²) in [7, 11) is 1.57. The van der Waals surface area contributed by atoms with Crippen molar-refractivity contribution in [3.8, 4) is 0 Å². The average molecular weight is 311 g/mol. The third kappa shape index (κ3) is 3.54. The van der Waals surface area contributed by atoms with E-state index in [0.717, 1.165) is 11.3 Å². The number of amides is 2. The monoisotopic (exact) mass is 310 g/mol. The number of anilines is 1. The number of hydrogen-bond donors (Lipinski definition) is 1. The highest BCUT2D eigenvalue weighted by Gasteiger charge is 2.37. The molecule has 6 heteroatoms. The molecular formula is C15H19ClN2O3. The van der Waals surface area contributed by atoms with Crippen molar-refractivity contribution in [3.63, 3.8) is 0 Å². The molecule has 114 valence electrons. The van der Waals surface area contributed by atoms with Gasteiger partial charge >= 0.3 is 0 Å². The Hall–Kier alpha value is -1.59. The Labute approximate surface area is 129 Å². The van der Waals surface area contributed by atoms with Gasteiger partial charge in [0, 0.05) is 30.9 Å². The molecule has 0 spiro atoms. The number of nitrogens with zero attached hydrogens (tertiary/aromatic N) is 1. The van der Waals surface area contributed by atoms with Crippen LogP contribution in [0.4, 0.5) is 5.69 Å². The van der Waals surface area contributed by atoms with Crippen LogP contribution in [0.5, 0.6) is 0 Å². The summed E-state index contributed by atoms with van der Waals surface area (Å²) in [5, 5.41) is 3.38. The van der Waals surface area contributed by atoms with Gasteiger partial charge in [0.15, 0.2) is 0 Å². The van der Waals surface area contributed by atoms with Crippen molar-refractivity contribution in [2.24, 2.45) is 5.92 Å². The van der Waals surface area contributed by atoms with Crippen LogP contribution in [-0.2, 0) is 14.3 Å². The van der Waals surface area contributed by atoms with Gasteiger partial charge in [-0.05, 0) is 37.1 Å². The van der Waals surface area contributed by atoms with Crippen LogP contribution < -0.4 is 10.2 Å². The lowest BCUT2D eigenvalue weighted by atomic mass is 10.1. The van der Waals surface area contributed by atoms with Crippen LogP contribution in [0.25, 0.3) is 0 Å². The Kier molecular flexibility index (Phi) is 5.20. The molecule has 1 aliphatic rings. The molecule has 1 N–H and O–H groups in total.